The van der Waals surface area contributed by atoms with E-state index in [9.17, 15) is 0 Å². The van der Waals surface area contributed by atoms with Crippen LogP contribution in [-0.2, 0) is 105 Å². The smallest absolute Gasteiger partial charge is 0.113 e. The van der Waals surface area contributed by atoms with Crippen molar-refractivity contribution in [3.8, 4) is 0 Å². The first kappa shape index (κ1) is 39.5. The molecule has 0 bridgehead atoms. The summed E-state index contributed by atoms with van der Waals surface area (Å²) in [6.45, 7) is 1.66. The van der Waals surface area contributed by atoms with Crippen molar-refractivity contribution in [3.05, 3.63) is 54.7 Å². The predicted molar refractivity (Wildman–Crippen MR) is 109 cm³/mol. The number of aliphatic hydroxyl groups excluding tert-OH is 2. The van der Waals surface area contributed by atoms with Gasteiger partial charge < -0.3 is 37.5 Å². The SMILES string of the molecule is O.O.OCCN(CCO)Cn1nnc2ccccc21.[NH2-].[Y].[Y].[Y].c1ccc2[n-]nnc2c1. The molecule has 0 fully saturated rings. The number of para-hydroxylation sites is 1. The fourth-order valence-corrected chi connectivity index (χ4v) is 2.50. The predicted octanol–water partition coefficient (Wildman–Crippen LogP) is -0.677. The maximum absolute atomic E-state index is 8.94. The van der Waals surface area contributed by atoms with E-state index in [0.717, 1.165) is 22.1 Å². The van der Waals surface area contributed by atoms with E-state index >= 15 is 0 Å². The van der Waals surface area contributed by atoms with E-state index < -0.39 is 0 Å². The number of rotatable bonds is 6. The summed E-state index contributed by atoms with van der Waals surface area (Å²) in [5.41, 5.74) is 3.52. The van der Waals surface area contributed by atoms with E-state index in [1.807, 2.05) is 53.4 Å². The van der Waals surface area contributed by atoms with Gasteiger partial charge in [0.1, 0.15) is 5.52 Å². The number of fused-ring (bicyclic) bond motifs is 2. The van der Waals surface area contributed by atoms with Crippen molar-refractivity contribution in [2.45, 2.75) is 6.67 Å². The van der Waals surface area contributed by atoms with Gasteiger partial charge in [0, 0.05) is 111 Å². The average Bonchev–Trinajstić information content (AvgIpc) is 3.30. The van der Waals surface area contributed by atoms with Gasteiger partial charge in [0.05, 0.1) is 25.4 Å². The van der Waals surface area contributed by atoms with Gasteiger partial charge >= 0.3 is 0 Å². The van der Waals surface area contributed by atoms with Crippen LogP contribution in [-0.4, -0.2) is 77.7 Å². The molecular weight excluding hydrogens is 647 g/mol. The molecule has 2 aromatic carbocycles. The van der Waals surface area contributed by atoms with Crippen LogP contribution in [0.25, 0.3) is 28.2 Å². The quantitative estimate of drug-likeness (QED) is 0.267. The van der Waals surface area contributed by atoms with Gasteiger partial charge in [0.2, 0.25) is 0 Å². The summed E-state index contributed by atoms with van der Waals surface area (Å²) in [6.07, 6.45) is 0. The van der Waals surface area contributed by atoms with Crippen LogP contribution in [0.15, 0.2) is 48.5 Å². The number of hydrogen-bond donors (Lipinski definition) is 2. The fourth-order valence-electron chi connectivity index (χ4n) is 2.50. The topological polar surface area (TPSA) is 211 Å². The van der Waals surface area contributed by atoms with E-state index in [1.54, 1.807) is 4.68 Å². The number of benzene rings is 2. The van der Waals surface area contributed by atoms with Crippen molar-refractivity contribution in [1.82, 2.24) is 35.3 Å². The Morgan fingerprint density at radius 3 is 1.97 bits per heavy atom. The van der Waals surface area contributed by atoms with Crippen LogP contribution in [0.4, 0.5) is 0 Å². The molecule has 0 aliphatic carbocycles. The Hall–Kier alpha value is 0.312. The largest absolute Gasteiger partial charge is 0.693 e. The summed E-state index contributed by atoms with van der Waals surface area (Å²) in [6, 6.07) is 15.3. The average molecular weight is 673 g/mol. The van der Waals surface area contributed by atoms with Crippen molar-refractivity contribution in [1.29, 1.82) is 0 Å². The van der Waals surface area contributed by atoms with Gasteiger partial charge in [-0.1, -0.05) is 41.6 Å². The second-order valence-electron chi connectivity index (χ2n) is 5.56. The van der Waals surface area contributed by atoms with Crippen LogP contribution in [0.3, 0.4) is 0 Å². The number of nitrogens with zero attached hydrogens (tertiary/aromatic N) is 7. The van der Waals surface area contributed by atoms with Gasteiger partial charge in [0.25, 0.3) is 0 Å². The molecule has 0 spiro atoms. The Balaban J connectivity index is -0.000000229. The zero-order valence-electron chi connectivity index (χ0n) is 17.5. The van der Waals surface area contributed by atoms with E-state index in [0.29, 0.717) is 19.8 Å². The normalized spacial score (nSPS) is 8.97. The minimum absolute atomic E-state index is 0. The van der Waals surface area contributed by atoms with E-state index in [1.165, 1.54) is 0 Å². The number of nitrogens with two attached hydrogens (primary N) is 1. The van der Waals surface area contributed by atoms with E-state index in [2.05, 4.69) is 25.7 Å². The zero-order chi connectivity index (χ0) is 18.2. The molecule has 8 N–H and O–H groups in total. The van der Waals surface area contributed by atoms with Crippen LogP contribution in [0.5, 0.6) is 0 Å². The third-order valence-electron chi connectivity index (χ3n) is 3.77. The van der Waals surface area contributed by atoms with Crippen molar-refractivity contribution in [2.75, 3.05) is 26.3 Å². The molecule has 169 valence electrons. The monoisotopic (exact) mass is 673 g/mol. The summed E-state index contributed by atoms with van der Waals surface area (Å²) in [5.74, 6) is 0. The van der Waals surface area contributed by atoms with Crippen molar-refractivity contribution in [3.63, 3.8) is 0 Å². The first-order valence-corrected chi connectivity index (χ1v) is 8.25. The molecule has 12 nitrogen and oxygen atoms in total. The molecule has 0 saturated heterocycles. The van der Waals surface area contributed by atoms with Crippen LogP contribution in [0.1, 0.15) is 0 Å². The Morgan fingerprint density at radius 1 is 0.812 bits per heavy atom. The number of hydrogen-bond acceptors (Lipinski definition) is 7. The first-order chi connectivity index (χ1) is 12.8. The van der Waals surface area contributed by atoms with Gasteiger partial charge in [-0.05, 0) is 23.2 Å². The van der Waals surface area contributed by atoms with Crippen molar-refractivity contribution in [2.24, 2.45) is 0 Å². The van der Waals surface area contributed by atoms with Crippen LogP contribution < -0.4 is 5.10 Å². The van der Waals surface area contributed by atoms with Crippen molar-refractivity contribution >= 4 is 22.1 Å². The molecule has 0 unspecified atom stereocenters. The molecule has 2 heterocycles. The molecule has 0 atom stereocenters. The van der Waals surface area contributed by atoms with E-state index in [4.69, 9.17) is 10.2 Å². The molecule has 4 rings (SSSR count). The minimum atomic E-state index is 0. The minimum Gasteiger partial charge on any atom is -0.693 e. The molecule has 2 aromatic heterocycles. The van der Waals surface area contributed by atoms with Crippen LogP contribution in [0, 0.1) is 0 Å². The molecule has 0 aliphatic heterocycles. The standard InChI is InChI=1S/C11H16N4O2.C6H4N3.H2N.2H2O.3Y/c16-7-5-14(6-8-17)9-15-11-4-2-1-3-10(11)12-13-15;1-2-4-6-5(3-1)7-9-8-6;;;;;;/h1-4,16-17H,5-9H2;1-4H;3*1H2;;;/q;2*-1;;;;;. The third-order valence-corrected chi connectivity index (χ3v) is 3.77. The second kappa shape index (κ2) is 21.8. The van der Waals surface area contributed by atoms with Crippen molar-refractivity contribution < 1.29 is 119 Å². The third kappa shape index (κ3) is 11.6. The fraction of sp³-hybridized carbons (Fsp3) is 0.294. The number of aromatic nitrogens is 6. The van der Waals surface area contributed by atoms with Crippen LogP contribution >= 0.6 is 0 Å². The molecule has 0 aliphatic rings. The Morgan fingerprint density at radius 2 is 1.38 bits per heavy atom. The molecular formula is C17H26N8O4Y3-2. The van der Waals surface area contributed by atoms with Gasteiger partial charge in [-0.2, -0.15) is 0 Å². The van der Waals surface area contributed by atoms with Gasteiger partial charge in [-0.15, -0.1) is 5.10 Å². The van der Waals surface area contributed by atoms with Crippen LogP contribution in [0.2, 0.25) is 0 Å². The second-order valence-corrected chi connectivity index (χ2v) is 5.56. The Bertz CT molecular complexity index is 923. The maximum Gasteiger partial charge on any atom is 0.113 e. The first-order valence-electron chi connectivity index (χ1n) is 8.25. The summed E-state index contributed by atoms with van der Waals surface area (Å²) in [7, 11) is 0. The Labute approximate surface area is 261 Å². The molecule has 32 heavy (non-hydrogen) atoms. The van der Waals surface area contributed by atoms with Gasteiger partial charge in [-0.25, -0.2) is 4.68 Å². The molecule has 0 saturated carbocycles. The molecule has 4 aromatic rings. The maximum atomic E-state index is 8.94. The van der Waals surface area contributed by atoms with E-state index in [-0.39, 0.29) is 128 Å². The summed E-state index contributed by atoms with van der Waals surface area (Å²) < 4.78 is 1.76. The van der Waals surface area contributed by atoms with Gasteiger partial charge in [0.15, 0.2) is 0 Å². The molecule has 3 radical (unpaired) electrons. The molecule has 15 heteroatoms. The van der Waals surface area contributed by atoms with Gasteiger partial charge in [-0.3, -0.25) is 10.1 Å². The Kier molecular flexibility index (Phi) is 26.9. The molecule has 0 amide bonds. The summed E-state index contributed by atoms with van der Waals surface area (Å²) >= 11 is 0. The summed E-state index contributed by atoms with van der Waals surface area (Å²) in [5, 5.41) is 37.0. The zero-order valence-corrected chi connectivity index (χ0v) is 26.0. The summed E-state index contributed by atoms with van der Waals surface area (Å²) in [4.78, 5) is 1.92. The number of aliphatic hydroxyl groups is 2.